The van der Waals surface area contributed by atoms with Crippen molar-refractivity contribution in [2.45, 2.75) is 6.42 Å². The number of ether oxygens (including phenoxy) is 3. The second-order valence-electron chi connectivity index (χ2n) is 9.15. The number of nitro groups is 1. The molecule has 1 aromatic heterocycles. The number of fused-ring (bicyclic) bond motifs is 1. The summed E-state index contributed by atoms with van der Waals surface area (Å²) in [4.78, 5) is 36.1. The van der Waals surface area contributed by atoms with Crippen LogP contribution in [0.1, 0.15) is 16.8 Å². The summed E-state index contributed by atoms with van der Waals surface area (Å²) in [5.41, 5.74) is 1.45. The van der Waals surface area contributed by atoms with Gasteiger partial charge >= 0.3 is 0 Å². The van der Waals surface area contributed by atoms with Gasteiger partial charge < -0.3 is 19.1 Å². The molecule has 0 bridgehead atoms. The van der Waals surface area contributed by atoms with E-state index in [1.54, 1.807) is 24.1 Å². The SMILES string of the molecule is COc1ccc2nc(N(CCCN3CCOCC3)C(=O)c3ccc(N4CCOCC4)c([N+](=O)[O-])c3)sc2c1. The fourth-order valence-electron chi connectivity index (χ4n) is 4.73. The van der Waals surface area contributed by atoms with Crippen molar-refractivity contribution >= 4 is 44.0 Å². The predicted octanol–water partition coefficient (Wildman–Crippen LogP) is 3.42. The fraction of sp³-hybridized carbons (Fsp3) is 0.462. The molecule has 3 heterocycles. The lowest BCUT2D eigenvalue weighted by molar-refractivity contribution is -0.384. The van der Waals surface area contributed by atoms with Crippen molar-refractivity contribution in [3.63, 3.8) is 0 Å². The van der Waals surface area contributed by atoms with E-state index in [-0.39, 0.29) is 17.2 Å². The summed E-state index contributed by atoms with van der Waals surface area (Å²) in [7, 11) is 1.61. The van der Waals surface area contributed by atoms with Crippen LogP contribution in [0.5, 0.6) is 5.75 Å². The molecule has 0 unspecified atom stereocenters. The van der Waals surface area contributed by atoms with E-state index in [2.05, 4.69) is 4.90 Å². The molecule has 2 aromatic carbocycles. The summed E-state index contributed by atoms with van der Waals surface area (Å²) >= 11 is 1.40. The first-order valence-electron chi connectivity index (χ1n) is 12.7. The summed E-state index contributed by atoms with van der Waals surface area (Å²) in [6.07, 6.45) is 0.735. The molecule has 0 spiro atoms. The van der Waals surface area contributed by atoms with Gasteiger partial charge in [-0.2, -0.15) is 0 Å². The van der Waals surface area contributed by atoms with Crippen molar-refractivity contribution in [2.75, 3.05) is 82.6 Å². The Labute approximate surface area is 224 Å². The highest BCUT2D eigenvalue weighted by Crippen LogP contribution is 2.34. The van der Waals surface area contributed by atoms with Crippen LogP contribution < -0.4 is 14.5 Å². The van der Waals surface area contributed by atoms with Crippen molar-refractivity contribution in [2.24, 2.45) is 0 Å². The third kappa shape index (κ3) is 5.88. The fourth-order valence-corrected chi connectivity index (χ4v) is 5.75. The molecule has 2 aliphatic rings. The molecular weight excluding hydrogens is 510 g/mol. The summed E-state index contributed by atoms with van der Waals surface area (Å²) < 4.78 is 17.1. The molecule has 0 atom stereocenters. The summed E-state index contributed by atoms with van der Waals surface area (Å²) in [6, 6.07) is 10.3. The number of nitrogens with zero attached hydrogens (tertiary/aromatic N) is 5. The van der Waals surface area contributed by atoms with Crippen LogP contribution in [0.25, 0.3) is 10.2 Å². The zero-order chi connectivity index (χ0) is 26.5. The maximum Gasteiger partial charge on any atom is 0.293 e. The van der Waals surface area contributed by atoms with Crippen LogP contribution in [0.15, 0.2) is 36.4 Å². The van der Waals surface area contributed by atoms with E-state index in [1.165, 1.54) is 17.4 Å². The van der Waals surface area contributed by atoms with Gasteiger partial charge in [-0.3, -0.25) is 24.7 Å². The number of thiazole rings is 1. The maximum atomic E-state index is 13.9. The van der Waals surface area contributed by atoms with Gasteiger partial charge in [0.1, 0.15) is 11.4 Å². The van der Waals surface area contributed by atoms with Gasteiger partial charge in [0.2, 0.25) is 0 Å². The van der Waals surface area contributed by atoms with Crippen LogP contribution in [-0.4, -0.2) is 93.5 Å². The van der Waals surface area contributed by atoms with Crippen LogP contribution in [0, 0.1) is 10.1 Å². The van der Waals surface area contributed by atoms with E-state index < -0.39 is 4.92 Å². The predicted molar refractivity (Wildman–Crippen MR) is 146 cm³/mol. The van der Waals surface area contributed by atoms with Crippen LogP contribution in [0.2, 0.25) is 0 Å². The number of carbonyl (C=O) groups is 1. The molecule has 3 aromatic rings. The number of morpholine rings is 2. The van der Waals surface area contributed by atoms with Gasteiger partial charge in [0.25, 0.3) is 11.6 Å². The molecule has 1 amide bonds. The Kier molecular flexibility index (Phi) is 8.32. The zero-order valence-electron chi connectivity index (χ0n) is 21.3. The molecular formula is C26H31N5O6S. The van der Waals surface area contributed by atoms with E-state index in [0.29, 0.717) is 62.6 Å². The largest absolute Gasteiger partial charge is 0.497 e. The standard InChI is InChI=1S/C26H31N5O6S/c1-35-20-4-5-21-24(18-20)38-26(27-21)30(8-2-7-28-9-13-36-14-10-28)25(32)19-3-6-22(23(17-19)31(33)34)29-11-15-37-16-12-29/h3-6,17-18H,2,7-16H2,1H3. The normalized spacial score (nSPS) is 16.5. The Hall–Kier alpha value is -3.32. The molecule has 2 fully saturated rings. The Morgan fingerprint density at radius 1 is 1.11 bits per heavy atom. The van der Waals surface area contributed by atoms with Crippen LogP contribution in [0.3, 0.4) is 0 Å². The van der Waals surface area contributed by atoms with Crippen LogP contribution in [0.4, 0.5) is 16.5 Å². The number of hydrogen-bond donors (Lipinski definition) is 0. The van der Waals surface area contributed by atoms with Crippen molar-refractivity contribution in [1.29, 1.82) is 0 Å². The summed E-state index contributed by atoms with van der Waals surface area (Å²) in [5.74, 6) is 0.404. The van der Waals surface area contributed by atoms with E-state index in [1.807, 2.05) is 23.1 Å². The number of amides is 1. The number of benzene rings is 2. The number of carbonyl (C=O) groups excluding carboxylic acids is 1. The van der Waals surface area contributed by atoms with E-state index >= 15 is 0 Å². The molecule has 0 aliphatic carbocycles. The van der Waals surface area contributed by atoms with Crippen molar-refractivity contribution in [1.82, 2.24) is 9.88 Å². The Bertz CT molecular complexity index is 1290. The first-order valence-corrected chi connectivity index (χ1v) is 13.5. The van der Waals surface area contributed by atoms with Crippen molar-refractivity contribution < 1.29 is 23.9 Å². The number of rotatable bonds is 9. The smallest absolute Gasteiger partial charge is 0.293 e. The zero-order valence-corrected chi connectivity index (χ0v) is 22.2. The van der Waals surface area contributed by atoms with Gasteiger partial charge in [-0.15, -0.1) is 0 Å². The number of anilines is 2. The lowest BCUT2D eigenvalue weighted by atomic mass is 10.1. The number of hydrogen-bond acceptors (Lipinski definition) is 10. The highest BCUT2D eigenvalue weighted by atomic mass is 32.1. The second kappa shape index (κ2) is 12.0. The molecule has 38 heavy (non-hydrogen) atoms. The highest BCUT2D eigenvalue weighted by molar-refractivity contribution is 7.22. The van der Waals surface area contributed by atoms with Gasteiger partial charge in [-0.05, 0) is 36.8 Å². The van der Waals surface area contributed by atoms with Gasteiger partial charge in [0.05, 0.1) is 48.7 Å². The highest BCUT2D eigenvalue weighted by Gasteiger charge is 2.27. The van der Waals surface area contributed by atoms with E-state index in [9.17, 15) is 14.9 Å². The van der Waals surface area contributed by atoms with Gasteiger partial charge in [-0.25, -0.2) is 4.98 Å². The molecule has 11 nitrogen and oxygen atoms in total. The third-order valence-corrected chi connectivity index (χ3v) is 7.83. The second-order valence-corrected chi connectivity index (χ2v) is 10.2. The first-order chi connectivity index (χ1) is 18.5. The molecule has 202 valence electrons. The van der Waals surface area contributed by atoms with Crippen molar-refractivity contribution in [3.8, 4) is 5.75 Å². The average molecular weight is 542 g/mol. The first kappa shape index (κ1) is 26.3. The number of nitro benzene ring substituents is 1. The maximum absolute atomic E-state index is 13.9. The van der Waals surface area contributed by atoms with Gasteiger partial charge in [0, 0.05) is 50.9 Å². The average Bonchev–Trinajstić information content (AvgIpc) is 3.38. The van der Waals surface area contributed by atoms with E-state index in [0.717, 1.165) is 36.3 Å². The third-order valence-electron chi connectivity index (χ3n) is 6.79. The number of aromatic nitrogens is 1. The minimum atomic E-state index is -0.422. The lowest BCUT2D eigenvalue weighted by Gasteiger charge is -2.29. The van der Waals surface area contributed by atoms with Crippen LogP contribution in [-0.2, 0) is 9.47 Å². The Morgan fingerprint density at radius 3 is 2.55 bits per heavy atom. The van der Waals surface area contributed by atoms with Crippen LogP contribution >= 0.6 is 11.3 Å². The van der Waals surface area contributed by atoms with Gasteiger partial charge in [0.15, 0.2) is 5.13 Å². The Balaban J connectivity index is 1.43. The number of methoxy groups -OCH3 is 1. The summed E-state index contributed by atoms with van der Waals surface area (Å²) in [5, 5.41) is 12.5. The Morgan fingerprint density at radius 2 is 1.84 bits per heavy atom. The minimum absolute atomic E-state index is 0.0833. The molecule has 2 saturated heterocycles. The molecule has 5 rings (SSSR count). The van der Waals surface area contributed by atoms with Crippen molar-refractivity contribution in [3.05, 3.63) is 52.1 Å². The van der Waals surface area contributed by atoms with E-state index in [4.69, 9.17) is 19.2 Å². The van der Waals surface area contributed by atoms with Gasteiger partial charge in [-0.1, -0.05) is 11.3 Å². The minimum Gasteiger partial charge on any atom is -0.497 e. The summed E-state index contributed by atoms with van der Waals surface area (Å²) in [6.45, 7) is 6.56. The lowest BCUT2D eigenvalue weighted by Crippen LogP contribution is -2.39. The quantitative estimate of drug-likeness (QED) is 0.297. The molecule has 12 heteroatoms. The molecule has 2 aliphatic heterocycles. The molecule has 0 N–H and O–H groups in total. The monoisotopic (exact) mass is 541 g/mol. The molecule has 0 radical (unpaired) electrons. The molecule has 0 saturated carbocycles. The topological polar surface area (TPSA) is 111 Å².